The van der Waals surface area contributed by atoms with Gasteiger partial charge in [-0.3, -0.25) is 0 Å². The van der Waals surface area contributed by atoms with Crippen LogP contribution in [0.25, 0.3) is 0 Å². The monoisotopic (exact) mass is 214 g/mol. The van der Waals surface area contributed by atoms with E-state index in [1.54, 1.807) is 0 Å². The first-order valence-corrected chi connectivity index (χ1v) is 5.43. The molecule has 74 valence electrons. The van der Waals surface area contributed by atoms with Gasteiger partial charge in [-0.1, -0.05) is 60.7 Å². The van der Waals surface area contributed by atoms with E-state index in [1.807, 2.05) is 60.7 Å². The number of hydrogen-bond donors (Lipinski definition) is 0. The van der Waals surface area contributed by atoms with E-state index in [0.29, 0.717) is 11.3 Å². The number of rotatable bonds is 2. The molecule has 0 amide bonds. The molecule has 1 nitrogen and oxygen atoms in total. The third-order valence-electron chi connectivity index (χ3n) is 2.16. The van der Waals surface area contributed by atoms with Crippen LogP contribution in [0.15, 0.2) is 60.7 Å². The second-order valence-electron chi connectivity index (χ2n) is 3.14. The van der Waals surface area contributed by atoms with E-state index < -0.39 is 0 Å². The highest BCUT2D eigenvalue weighted by Gasteiger charge is 2.04. The zero-order valence-corrected chi connectivity index (χ0v) is 8.91. The fourth-order valence-corrected chi connectivity index (χ4v) is 1.91. The first-order chi connectivity index (χ1) is 7.42. The Kier molecular flexibility index (Phi) is 3.10. The molecule has 0 aliphatic rings. The fourth-order valence-electron chi connectivity index (χ4n) is 1.44. The first kappa shape index (κ1) is 9.87. The summed E-state index contributed by atoms with van der Waals surface area (Å²) in [6, 6.07) is 19.5. The van der Waals surface area contributed by atoms with Crippen molar-refractivity contribution in [1.29, 1.82) is 0 Å². The van der Waals surface area contributed by atoms with Gasteiger partial charge in [-0.25, -0.2) is 4.21 Å². The topological polar surface area (TPSA) is 17.1 Å². The molecule has 2 rings (SSSR count). The Morgan fingerprint density at radius 2 is 1.13 bits per heavy atom. The second kappa shape index (κ2) is 4.71. The Morgan fingerprint density at radius 1 is 0.733 bits per heavy atom. The summed E-state index contributed by atoms with van der Waals surface area (Å²) in [7, 11) is 0. The number of benzene rings is 2. The van der Waals surface area contributed by atoms with E-state index in [4.69, 9.17) is 0 Å². The summed E-state index contributed by atoms with van der Waals surface area (Å²) < 4.78 is 11.1. The molecule has 0 bridgehead atoms. The molecule has 0 N–H and O–H groups in total. The molecule has 0 aliphatic carbocycles. The lowest BCUT2D eigenvalue weighted by atomic mass is 10.1. The van der Waals surface area contributed by atoms with Crippen LogP contribution in [0.3, 0.4) is 0 Å². The van der Waals surface area contributed by atoms with E-state index in [0.717, 1.165) is 16.0 Å². The Labute approximate surface area is 92.5 Å². The number of hydrogen-bond acceptors (Lipinski definition) is 1. The van der Waals surface area contributed by atoms with Crippen LogP contribution in [0.5, 0.6) is 0 Å². The minimum Gasteiger partial charge on any atom is -0.212 e. The highest BCUT2D eigenvalue weighted by atomic mass is 32.1. The minimum absolute atomic E-state index is 0.543. The maximum absolute atomic E-state index is 11.1. The zero-order chi connectivity index (χ0) is 10.5. The Bertz CT molecular complexity index is 443. The molecule has 0 heterocycles. The predicted octanol–water partition coefficient (Wildman–Crippen LogP) is 2.47. The second-order valence-corrected chi connectivity index (χ2v) is 3.72. The van der Waals surface area contributed by atoms with E-state index in [2.05, 4.69) is 0 Å². The normalized spacial score (nSPS) is 9.60. The molecular weight excluding hydrogens is 204 g/mol. The summed E-state index contributed by atoms with van der Waals surface area (Å²) in [5.74, 6) is 0. The summed E-state index contributed by atoms with van der Waals surface area (Å²) in [5.41, 5.74) is 1.95. The molecule has 0 atom stereocenters. The van der Waals surface area contributed by atoms with Gasteiger partial charge < -0.3 is 0 Å². The van der Waals surface area contributed by atoms with Crippen molar-refractivity contribution in [1.82, 2.24) is 0 Å². The standard InChI is InChI=1S/C13H10OS/c14-15-13(11-7-3-1-4-8-11)12-9-5-2-6-10-12/h1-10H. The molecule has 0 unspecified atom stereocenters. The quantitative estimate of drug-likeness (QED) is 0.554. The average molecular weight is 214 g/mol. The summed E-state index contributed by atoms with van der Waals surface area (Å²) in [4.78, 5) is 0.774. The zero-order valence-electron chi connectivity index (χ0n) is 8.09. The lowest BCUT2D eigenvalue weighted by Gasteiger charge is -2.02. The van der Waals surface area contributed by atoms with Crippen molar-refractivity contribution < 1.29 is 4.21 Å². The van der Waals surface area contributed by atoms with E-state index in [9.17, 15) is 4.21 Å². The molecule has 0 saturated heterocycles. The van der Waals surface area contributed by atoms with Gasteiger partial charge in [-0.05, 0) is 11.1 Å². The highest BCUT2D eigenvalue weighted by Crippen LogP contribution is 2.08. The van der Waals surface area contributed by atoms with E-state index in [-0.39, 0.29) is 0 Å². The van der Waals surface area contributed by atoms with Crippen molar-refractivity contribution >= 4 is 16.1 Å². The van der Waals surface area contributed by atoms with Crippen molar-refractivity contribution in [2.75, 3.05) is 0 Å². The molecule has 0 spiro atoms. The van der Waals surface area contributed by atoms with Crippen LogP contribution in [0.2, 0.25) is 0 Å². The van der Waals surface area contributed by atoms with Crippen LogP contribution in [0.1, 0.15) is 11.1 Å². The predicted molar refractivity (Wildman–Crippen MR) is 64.2 cm³/mol. The molecule has 2 aromatic rings. The summed E-state index contributed by atoms with van der Waals surface area (Å²) in [6.45, 7) is 0. The molecular formula is C13H10OS. The van der Waals surface area contributed by atoms with Gasteiger partial charge in [0, 0.05) is 0 Å². The van der Waals surface area contributed by atoms with Crippen LogP contribution in [0, 0.1) is 0 Å². The van der Waals surface area contributed by atoms with Gasteiger partial charge >= 0.3 is 0 Å². The van der Waals surface area contributed by atoms with Gasteiger partial charge in [-0.2, -0.15) is 0 Å². The highest BCUT2D eigenvalue weighted by molar-refractivity contribution is 7.67. The molecule has 0 aromatic heterocycles. The maximum Gasteiger partial charge on any atom is 0.0978 e. The smallest absolute Gasteiger partial charge is 0.0978 e. The van der Waals surface area contributed by atoms with Gasteiger partial charge in [0.05, 0.1) is 16.1 Å². The summed E-state index contributed by atoms with van der Waals surface area (Å²) in [6.07, 6.45) is 0. The maximum atomic E-state index is 11.1. The van der Waals surface area contributed by atoms with Crippen molar-refractivity contribution in [2.24, 2.45) is 0 Å². The Hall–Kier alpha value is -1.67. The molecule has 15 heavy (non-hydrogen) atoms. The third-order valence-corrected chi connectivity index (χ3v) is 2.79. The SMILES string of the molecule is O=S=C(c1ccccc1)c1ccccc1. The van der Waals surface area contributed by atoms with Crippen molar-refractivity contribution in [3.63, 3.8) is 0 Å². The lowest BCUT2D eigenvalue weighted by Crippen LogP contribution is -2.01. The third kappa shape index (κ3) is 2.22. The van der Waals surface area contributed by atoms with E-state index in [1.165, 1.54) is 0 Å². The summed E-state index contributed by atoms with van der Waals surface area (Å²) >= 11 is 0.543. The summed E-state index contributed by atoms with van der Waals surface area (Å²) in [5, 5.41) is 0. The molecule has 0 aliphatic heterocycles. The first-order valence-electron chi connectivity index (χ1n) is 4.69. The largest absolute Gasteiger partial charge is 0.212 e. The molecule has 2 heteroatoms. The van der Waals surface area contributed by atoms with Crippen LogP contribution in [-0.4, -0.2) is 9.07 Å². The van der Waals surface area contributed by atoms with Crippen molar-refractivity contribution in [2.45, 2.75) is 0 Å². The Balaban J connectivity index is 2.48. The molecule has 0 fully saturated rings. The van der Waals surface area contributed by atoms with Gasteiger partial charge in [-0.15, -0.1) is 0 Å². The van der Waals surface area contributed by atoms with Crippen LogP contribution in [0.4, 0.5) is 0 Å². The van der Waals surface area contributed by atoms with Crippen LogP contribution in [-0.2, 0) is 11.3 Å². The van der Waals surface area contributed by atoms with Gasteiger partial charge in [0.2, 0.25) is 0 Å². The minimum atomic E-state index is 0.543. The van der Waals surface area contributed by atoms with E-state index >= 15 is 0 Å². The molecule has 2 aromatic carbocycles. The fraction of sp³-hybridized carbons (Fsp3) is 0. The van der Waals surface area contributed by atoms with Crippen LogP contribution < -0.4 is 0 Å². The van der Waals surface area contributed by atoms with Crippen LogP contribution >= 0.6 is 0 Å². The molecule has 0 saturated carbocycles. The van der Waals surface area contributed by atoms with Gasteiger partial charge in [0.1, 0.15) is 0 Å². The average Bonchev–Trinajstić information content (AvgIpc) is 2.33. The lowest BCUT2D eigenvalue weighted by molar-refractivity contribution is 0.701. The van der Waals surface area contributed by atoms with Gasteiger partial charge in [0.25, 0.3) is 0 Å². The molecule has 0 radical (unpaired) electrons. The van der Waals surface area contributed by atoms with Crippen molar-refractivity contribution in [3.05, 3.63) is 71.8 Å². The van der Waals surface area contributed by atoms with Crippen molar-refractivity contribution in [3.8, 4) is 0 Å². The van der Waals surface area contributed by atoms with Gasteiger partial charge in [0.15, 0.2) is 0 Å². The Morgan fingerprint density at radius 3 is 1.47 bits per heavy atom.